The average molecular weight is 494 g/mol. The van der Waals surface area contributed by atoms with Gasteiger partial charge in [0.2, 0.25) is 5.91 Å². The average Bonchev–Trinajstić information content (AvgIpc) is 3.34. The SMILES string of the molecule is CCNc1cc(C(=O)N[C@@H](Cc2ccccc2)[C@H](O)C[NH2+]C2CCCCC2)cc(N2CCCC2=O)c1. The first kappa shape index (κ1) is 26.2. The summed E-state index contributed by atoms with van der Waals surface area (Å²) in [6, 6.07) is 15.7. The van der Waals surface area contributed by atoms with Gasteiger partial charge >= 0.3 is 0 Å². The molecule has 0 radical (unpaired) electrons. The fourth-order valence-corrected chi connectivity index (χ4v) is 5.39. The van der Waals surface area contributed by atoms with Gasteiger partial charge in [0.1, 0.15) is 12.6 Å². The number of hydrogen-bond acceptors (Lipinski definition) is 4. The number of quaternary nitrogens is 1. The van der Waals surface area contributed by atoms with Crippen LogP contribution in [0.2, 0.25) is 0 Å². The van der Waals surface area contributed by atoms with Crippen molar-refractivity contribution in [2.45, 2.75) is 76.5 Å². The molecule has 7 heteroatoms. The van der Waals surface area contributed by atoms with Gasteiger partial charge in [0, 0.05) is 36.4 Å². The first-order chi connectivity index (χ1) is 17.5. The van der Waals surface area contributed by atoms with Crippen LogP contribution < -0.4 is 20.9 Å². The first-order valence-electron chi connectivity index (χ1n) is 13.6. The summed E-state index contributed by atoms with van der Waals surface area (Å²) in [5.74, 6) is -0.147. The van der Waals surface area contributed by atoms with E-state index in [0.29, 0.717) is 44.1 Å². The van der Waals surface area contributed by atoms with E-state index in [4.69, 9.17) is 0 Å². The molecule has 4 rings (SSSR count). The molecule has 1 heterocycles. The van der Waals surface area contributed by atoms with Gasteiger partial charge in [-0.05, 0) is 69.2 Å². The maximum Gasteiger partial charge on any atom is 0.251 e. The van der Waals surface area contributed by atoms with Gasteiger partial charge in [-0.1, -0.05) is 36.8 Å². The van der Waals surface area contributed by atoms with E-state index in [-0.39, 0.29) is 11.8 Å². The Kier molecular flexibility index (Phi) is 9.36. The molecule has 2 atom stereocenters. The van der Waals surface area contributed by atoms with E-state index in [0.717, 1.165) is 23.4 Å². The highest BCUT2D eigenvalue weighted by Crippen LogP contribution is 2.27. The molecule has 0 aromatic heterocycles. The molecule has 2 aromatic rings. The summed E-state index contributed by atoms with van der Waals surface area (Å²) in [5, 5.41) is 19.9. The van der Waals surface area contributed by atoms with Crippen LogP contribution in [0.4, 0.5) is 11.4 Å². The number of nitrogens with two attached hydrogens (primary N) is 1. The minimum atomic E-state index is -0.673. The van der Waals surface area contributed by atoms with Gasteiger partial charge in [-0.2, -0.15) is 0 Å². The molecule has 194 valence electrons. The molecule has 1 saturated carbocycles. The van der Waals surface area contributed by atoms with Gasteiger partial charge in [-0.25, -0.2) is 0 Å². The molecular weight excluding hydrogens is 452 g/mol. The first-order valence-corrected chi connectivity index (χ1v) is 13.6. The van der Waals surface area contributed by atoms with Gasteiger partial charge in [0.25, 0.3) is 5.91 Å². The Morgan fingerprint density at radius 1 is 1.11 bits per heavy atom. The van der Waals surface area contributed by atoms with E-state index in [1.807, 2.05) is 49.4 Å². The maximum absolute atomic E-state index is 13.5. The summed E-state index contributed by atoms with van der Waals surface area (Å²) in [6.45, 7) is 3.95. The summed E-state index contributed by atoms with van der Waals surface area (Å²) >= 11 is 0. The Balaban J connectivity index is 1.51. The van der Waals surface area contributed by atoms with Crippen LogP contribution in [0, 0.1) is 0 Å². The summed E-state index contributed by atoms with van der Waals surface area (Å²) in [5.41, 5.74) is 3.12. The monoisotopic (exact) mass is 493 g/mol. The van der Waals surface area contributed by atoms with Crippen LogP contribution in [0.5, 0.6) is 0 Å². The lowest BCUT2D eigenvalue weighted by molar-refractivity contribution is -0.697. The molecule has 2 aromatic carbocycles. The topological polar surface area (TPSA) is 98.3 Å². The van der Waals surface area contributed by atoms with Crippen LogP contribution >= 0.6 is 0 Å². The Hall–Kier alpha value is -2.90. The third-order valence-electron chi connectivity index (χ3n) is 7.39. The molecule has 7 nitrogen and oxygen atoms in total. The van der Waals surface area contributed by atoms with E-state index in [1.165, 1.54) is 32.1 Å². The zero-order valence-electron chi connectivity index (χ0n) is 21.4. The minimum absolute atomic E-state index is 0.0885. The second kappa shape index (κ2) is 12.9. The predicted molar refractivity (Wildman–Crippen MR) is 143 cm³/mol. The van der Waals surface area contributed by atoms with E-state index >= 15 is 0 Å². The third-order valence-corrected chi connectivity index (χ3v) is 7.39. The molecule has 1 saturated heterocycles. The Bertz CT molecular complexity index is 1010. The molecule has 1 aliphatic carbocycles. The minimum Gasteiger partial charge on any atom is -0.385 e. The highest BCUT2D eigenvalue weighted by atomic mass is 16.3. The summed E-state index contributed by atoms with van der Waals surface area (Å²) < 4.78 is 0. The molecule has 36 heavy (non-hydrogen) atoms. The standard InChI is InChI=1S/C29H40N4O3/c1-2-30-24-17-22(18-25(19-24)33-15-9-14-28(33)35)29(36)32-26(16-21-10-5-3-6-11-21)27(34)20-31-23-12-7-4-8-13-23/h3,5-6,10-11,17-19,23,26-27,30-31,34H,2,4,7-9,12-16,20H2,1H3,(H,32,36)/p+1/t26-,27+/m0/s1. The van der Waals surface area contributed by atoms with Crippen molar-refractivity contribution in [3.8, 4) is 0 Å². The summed E-state index contributed by atoms with van der Waals surface area (Å²) in [4.78, 5) is 27.6. The zero-order chi connectivity index (χ0) is 25.3. The second-order valence-corrected chi connectivity index (χ2v) is 10.2. The van der Waals surface area contributed by atoms with Crippen LogP contribution in [0.25, 0.3) is 0 Å². The van der Waals surface area contributed by atoms with E-state index < -0.39 is 12.1 Å². The molecule has 2 fully saturated rings. The number of rotatable bonds is 11. The van der Waals surface area contributed by atoms with Crippen molar-refractivity contribution in [2.24, 2.45) is 0 Å². The van der Waals surface area contributed by atoms with Gasteiger partial charge in [-0.15, -0.1) is 0 Å². The molecule has 1 aliphatic heterocycles. The van der Waals surface area contributed by atoms with Gasteiger partial charge in [0.15, 0.2) is 0 Å². The smallest absolute Gasteiger partial charge is 0.251 e. The number of aliphatic hydroxyl groups excluding tert-OH is 1. The van der Waals surface area contributed by atoms with Crippen molar-refractivity contribution in [1.29, 1.82) is 0 Å². The predicted octanol–water partition coefficient (Wildman–Crippen LogP) is 2.84. The van der Waals surface area contributed by atoms with Crippen LogP contribution in [0.15, 0.2) is 48.5 Å². The number of hydrogen-bond donors (Lipinski definition) is 4. The number of carbonyl (C=O) groups excluding carboxylic acids is 2. The summed E-state index contributed by atoms with van der Waals surface area (Å²) in [7, 11) is 0. The fourth-order valence-electron chi connectivity index (χ4n) is 5.39. The van der Waals surface area contributed by atoms with Gasteiger partial charge < -0.3 is 26.0 Å². The van der Waals surface area contributed by atoms with E-state index in [1.54, 1.807) is 11.0 Å². The fraction of sp³-hybridized carbons (Fsp3) is 0.517. The highest BCUT2D eigenvalue weighted by molar-refractivity contribution is 6.00. The Morgan fingerprint density at radius 3 is 2.58 bits per heavy atom. The third kappa shape index (κ3) is 7.08. The number of nitrogens with one attached hydrogen (secondary N) is 2. The quantitative estimate of drug-likeness (QED) is 0.387. The van der Waals surface area contributed by atoms with Crippen molar-refractivity contribution >= 4 is 23.2 Å². The van der Waals surface area contributed by atoms with Crippen LogP contribution in [-0.4, -0.2) is 54.7 Å². The van der Waals surface area contributed by atoms with E-state index in [9.17, 15) is 14.7 Å². The molecule has 5 N–H and O–H groups in total. The number of aliphatic hydroxyl groups is 1. The van der Waals surface area contributed by atoms with Crippen LogP contribution in [0.3, 0.4) is 0 Å². The molecular formula is C29H41N4O3+. The number of benzene rings is 2. The van der Waals surface area contributed by atoms with Crippen molar-refractivity contribution in [1.82, 2.24) is 5.32 Å². The molecule has 2 amide bonds. The lowest BCUT2D eigenvalue weighted by atomic mass is 9.95. The molecule has 0 bridgehead atoms. The van der Waals surface area contributed by atoms with E-state index in [2.05, 4.69) is 16.0 Å². The highest BCUT2D eigenvalue weighted by Gasteiger charge is 2.27. The van der Waals surface area contributed by atoms with Gasteiger partial charge in [0.05, 0.1) is 12.1 Å². The Labute approximate surface area is 214 Å². The lowest BCUT2D eigenvalue weighted by Gasteiger charge is -2.27. The molecule has 0 spiro atoms. The lowest BCUT2D eigenvalue weighted by Crippen LogP contribution is -2.92. The van der Waals surface area contributed by atoms with Crippen LogP contribution in [-0.2, 0) is 11.2 Å². The normalized spacial score (nSPS) is 18.2. The van der Waals surface area contributed by atoms with Crippen molar-refractivity contribution < 1.29 is 20.0 Å². The molecule has 0 unspecified atom stereocenters. The molecule has 2 aliphatic rings. The number of anilines is 2. The number of amides is 2. The van der Waals surface area contributed by atoms with Gasteiger partial charge in [-0.3, -0.25) is 9.59 Å². The van der Waals surface area contributed by atoms with Crippen LogP contribution in [0.1, 0.15) is 67.8 Å². The number of carbonyl (C=O) groups is 2. The van der Waals surface area contributed by atoms with Crippen molar-refractivity contribution in [2.75, 3.05) is 29.9 Å². The zero-order valence-corrected chi connectivity index (χ0v) is 21.4. The van der Waals surface area contributed by atoms with Crippen molar-refractivity contribution in [3.63, 3.8) is 0 Å². The summed E-state index contributed by atoms with van der Waals surface area (Å²) in [6.07, 6.45) is 7.44. The van der Waals surface area contributed by atoms with Crippen molar-refractivity contribution in [3.05, 3.63) is 59.7 Å². The largest absolute Gasteiger partial charge is 0.385 e. The Morgan fingerprint density at radius 2 is 1.89 bits per heavy atom. The maximum atomic E-state index is 13.5. The number of nitrogens with zero attached hydrogens (tertiary/aromatic N) is 1. The second-order valence-electron chi connectivity index (χ2n) is 10.2.